The van der Waals surface area contributed by atoms with Crippen molar-refractivity contribution in [3.8, 4) is 0 Å². The minimum absolute atomic E-state index is 0.505. The summed E-state index contributed by atoms with van der Waals surface area (Å²) < 4.78 is 12.1. The Kier molecular flexibility index (Phi) is 3.75. The fourth-order valence-corrected chi connectivity index (χ4v) is 2.99. The van der Waals surface area contributed by atoms with Gasteiger partial charge < -0.3 is 0 Å². The van der Waals surface area contributed by atoms with Gasteiger partial charge in [-0.25, -0.2) is 0 Å². The summed E-state index contributed by atoms with van der Waals surface area (Å²) in [7, 11) is -1.08. The second kappa shape index (κ2) is 5.28. The molecule has 0 amide bonds. The summed E-state index contributed by atoms with van der Waals surface area (Å²) in [4.78, 5) is 0.702. The molecule has 2 aromatic carbocycles. The number of rotatable bonds is 3. The van der Waals surface area contributed by atoms with Crippen LogP contribution in [0.3, 0.4) is 0 Å². The third kappa shape index (κ3) is 2.71. The first-order valence-electron chi connectivity index (χ1n) is 4.94. The molecule has 3 heteroatoms. The zero-order valence-electron chi connectivity index (χ0n) is 8.60. The summed E-state index contributed by atoms with van der Waals surface area (Å²) in [5.74, 6) is 0.505. The maximum Gasteiger partial charge on any atom is 0.0589 e. The molecule has 1 unspecified atom stereocenters. The zero-order valence-corrected chi connectivity index (χ0v) is 10.2. The summed E-state index contributed by atoms with van der Waals surface area (Å²) >= 11 is 5.99. The quantitative estimate of drug-likeness (QED) is 0.813. The highest BCUT2D eigenvalue weighted by molar-refractivity contribution is 7.84. The van der Waals surface area contributed by atoms with Gasteiger partial charge in [0.05, 0.1) is 26.5 Å². The van der Waals surface area contributed by atoms with E-state index in [1.807, 2.05) is 42.5 Å². The molecule has 1 nitrogen and oxygen atoms in total. The second-order valence-corrected chi connectivity index (χ2v) is 5.23. The van der Waals surface area contributed by atoms with Crippen LogP contribution in [0.5, 0.6) is 0 Å². The fraction of sp³-hybridized carbons (Fsp3) is 0.0769. The molecule has 0 aliphatic rings. The highest BCUT2D eigenvalue weighted by Crippen LogP contribution is 2.21. The van der Waals surface area contributed by atoms with Crippen LogP contribution in [0.4, 0.5) is 0 Å². The molecule has 0 aromatic heterocycles. The highest BCUT2D eigenvalue weighted by Gasteiger charge is 2.08. The summed E-state index contributed by atoms with van der Waals surface area (Å²) in [6.07, 6.45) is 0. The van der Waals surface area contributed by atoms with E-state index in [1.165, 1.54) is 0 Å². The van der Waals surface area contributed by atoms with Gasteiger partial charge >= 0.3 is 0 Å². The van der Waals surface area contributed by atoms with Crippen molar-refractivity contribution in [2.24, 2.45) is 0 Å². The van der Waals surface area contributed by atoms with Crippen LogP contribution in [-0.4, -0.2) is 4.21 Å². The van der Waals surface area contributed by atoms with E-state index >= 15 is 0 Å². The first kappa shape index (κ1) is 11.4. The molecule has 16 heavy (non-hydrogen) atoms. The summed E-state index contributed by atoms with van der Waals surface area (Å²) in [5, 5.41) is 0.566. The van der Waals surface area contributed by atoms with E-state index in [9.17, 15) is 4.21 Å². The van der Waals surface area contributed by atoms with Gasteiger partial charge in [0, 0.05) is 0 Å². The van der Waals surface area contributed by atoms with E-state index in [1.54, 1.807) is 12.1 Å². The van der Waals surface area contributed by atoms with Gasteiger partial charge in [-0.2, -0.15) is 0 Å². The zero-order chi connectivity index (χ0) is 11.4. The number of hydrogen-bond donors (Lipinski definition) is 0. The molecule has 2 rings (SSSR count). The van der Waals surface area contributed by atoms with Gasteiger partial charge in [-0.05, 0) is 17.7 Å². The number of hydrogen-bond acceptors (Lipinski definition) is 1. The molecule has 0 aliphatic carbocycles. The van der Waals surface area contributed by atoms with Crippen LogP contribution in [0.25, 0.3) is 0 Å². The lowest BCUT2D eigenvalue weighted by atomic mass is 10.2. The average Bonchev–Trinajstić information content (AvgIpc) is 2.31. The Balaban J connectivity index is 2.19. The molecule has 0 aliphatic heterocycles. The van der Waals surface area contributed by atoms with Crippen molar-refractivity contribution in [3.05, 3.63) is 65.2 Å². The van der Waals surface area contributed by atoms with Crippen molar-refractivity contribution >= 4 is 22.4 Å². The van der Waals surface area contributed by atoms with Crippen molar-refractivity contribution < 1.29 is 4.21 Å². The van der Waals surface area contributed by atoms with Gasteiger partial charge in [-0.1, -0.05) is 54.1 Å². The van der Waals surface area contributed by atoms with Crippen LogP contribution in [0.1, 0.15) is 5.56 Å². The predicted molar refractivity (Wildman–Crippen MR) is 68.0 cm³/mol. The molecule has 0 spiro atoms. The molecule has 0 fully saturated rings. The van der Waals surface area contributed by atoms with Gasteiger partial charge in [-0.15, -0.1) is 0 Å². The van der Waals surface area contributed by atoms with Crippen molar-refractivity contribution in [2.75, 3.05) is 0 Å². The van der Waals surface area contributed by atoms with Crippen LogP contribution >= 0.6 is 11.6 Å². The minimum Gasteiger partial charge on any atom is -0.254 e. The fourth-order valence-electron chi connectivity index (χ4n) is 1.43. The third-order valence-electron chi connectivity index (χ3n) is 2.22. The van der Waals surface area contributed by atoms with Gasteiger partial charge in [0.2, 0.25) is 0 Å². The Bertz CT molecular complexity index is 496. The van der Waals surface area contributed by atoms with Crippen molar-refractivity contribution in [1.29, 1.82) is 0 Å². The van der Waals surface area contributed by atoms with Gasteiger partial charge in [0.25, 0.3) is 0 Å². The van der Waals surface area contributed by atoms with Gasteiger partial charge in [0.15, 0.2) is 0 Å². The molecule has 0 saturated carbocycles. The normalized spacial score (nSPS) is 12.3. The standard InChI is InChI=1S/C13H11ClOS/c14-12-8-4-5-9-13(12)16(15)10-11-6-2-1-3-7-11/h1-9H,10H2. The SMILES string of the molecule is O=S(Cc1ccccc1)c1ccccc1Cl. The Morgan fingerprint density at radius 2 is 1.56 bits per heavy atom. The monoisotopic (exact) mass is 250 g/mol. The molecule has 0 bridgehead atoms. The van der Waals surface area contributed by atoms with E-state index in [4.69, 9.17) is 11.6 Å². The lowest BCUT2D eigenvalue weighted by molar-refractivity contribution is 0.682. The molecule has 0 saturated heterocycles. The first-order chi connectivity index (χ1) is 7.77. The van der Waals surface area contributed by atoms with E-state index in [2.05, 4.69) is 0 Å². The Morgan fingerprint density at radius 1 is 0.938 bits per heavy atom. The maximum atomic E-state index is 12.1. The number of halogens is 1. The van der Waals surface area contributed by atoms with Crippen LogP contribution in [-0.2, 0) is 16.6 Å². The Labute approximate surface area is 103 Å². The molecular formula is C13H11ClOS. The lowest BCUT2D eigenvalue weighted by Gasteiger charge is -2.04. The summed E-state index contributed by atoms with van der Waals surface area (Å²) in [6.45, 7) is 0. The summed E-state index contributed by atoms with van der Waals surface area (Å²) in [6, 6.07) is 17.0. The first-order valence-corrected chi connectivity index (χ1v) is 6.64. The van der Waals surface area contributed by atoms with E-state index < -0.39 is 10.8 Å². The minimum atomic E-state index is -1.08. The number of benzene rings is 2. The molecule has 1 atom stereocenters. The topological polar surface area (TPSA) is 17.1 Å². The van der Waals surface area contributed by atoms with E-state index in [-0.39, 0.29) is 0 Å². The third-order valence-corrected chi connectivity index (χ3v) is 4.11. The second-order valence-electron chi connectivity index (χ2n) is 3.41. The summed E-state index contributed by atoms with van der Waals surface area (Å²) in [5.41, 5.74) is 1.06. The van der Waals surface area contributed by atoms with Gasteiger partial charge in [-0.3, -0.25) is 4.21 Å². The highest BCUT2D eigenvalue weighted by atomic mass is 35.5. The molecule has 2 aromatic rings. The Morgan fingerprint density at radius 3 is 2.25 bits per heavy atom. The molecule has 82 valence electrons. The van der Waals surface area contributed by atoms with Crippen molar-refractivity contribution in [2.45, 2.75) is 10.6 Å². The smallest absolute Gasteiger partial charge is 0.0589 e. The van der Waals surface area contributed by atoms with Crippen LogP contribution < -0.4 is 0 Å². The lowest BCUT2D eigenvalue weighted by Crippen LogP contribution is -1.96. The van der Waals surface area contributed by atoms with Crippen LogP contribution in [0, 0.1) is 0 Å². The molecule has 0 radical (unpaired) electrons. The molecular weight excluding hydrogens is 240 g/mol. The van der Waals surface area contributed by atoms with Gasteiger partial charge in [0.1, 0.15) is 0 Å². The Hall–Kier alpha value is -1.12. The maximum absolute atomic E-state index is 12.1. The van der Waals surface area contributed by atoms with Crippen molar-refractivity contribution in [3.63, 3.8) is 0 Å². The molecule has 0 N–H and O–H groups in total. The van der Waals surface area contributed by atoms with E-state index in [0.717, 1.165) is 5.56 Å². The van der Waals surface area contributed by atoms with Crippen molar-refractivity contribution in [1.82, 2.24) is 0 Å². The largest absolute Gasteiger partial charge is 0.254 e. The van der Waals surface area contributed by atoms with E-state index in [0.29, 0.717) is 15.7 Å². The van der Waals surface area contributed by atoms with Crippen LogP contribution in [0.2, 0.25) is 5.02 Å². The average molecular weight is 251 g/mol. The predicted octanol–water partition coefficient (Wildman–Crippen LogP) is 3.65. The molecule has 0 heterocycles. The van der Waals surface area contributed by atoms with Crippen LogP contribution in [0.15, 0.2) is 59.5 Å².